The van der Waals surface area contributed by atoms with Gasteiger partial charge in [0.2, 0.25) is 0 Å². The number of pyridine rings is 1. The second-order valence-corrected chi connectivity index (χ2v) is 5.98. The van der Waals surface area contributed by atoms with Gasteiger partial charge in [0.05, 0.1) is 5.69 Å². The average molecular weight is 403 g/mol. The fraction of sp³-hybridized carbons (Fsp3) is 0.143. The van der Waals surface area contributed by atoms with Crippen LogP contribution in [0.25, 0.3) is 0 Å². The van der Waals surface area contributed by atoms with Crippen molar-refractivity contribution in [3.8, 4) is 0 Å². The molecule has 1 N–H and O–H groups in total. The van der Waals surface area contributed by atoms with Crippen molar-refractivity contribution < 1.29 is 14.3 Å². The summed E-state index contributed by atoms with van der Waals surface area (Å²) in [6, 6.07) is 7.87. The minimum absolute atomic E-state index is 0.0508. The van der Waals surface area contributed by atoms with Gasteiger partial charge < -0.3 is 5.11 Å². The summed E-state index contributed by atoms with van der Waals surface area (Å²) in [4.78, 5) is 15.6. The van der Waals surface area contributed by atoms with Crippen LogP contribution in [0.15, 0.2) is 45.5 Å². The van der Waals surface area contributed by atoms with Crippen molar-refractivity contribution in [1.29, 1.82) is 0 Å². The molecule has 3 nitrogen and oxygen atoms in total. The van der Waals surface area contributed by atoms with Crippen LogP contribution in [-0.4, -0.2) is 16.1 Å². The van der Waals surface area contributed by atoms with Gasteiger partial charge >= 0.3 is 5.97 Å². The second-order valence-electron chi connectivity index (χ2n) is 4.21. The van der Waals surface area contributed by atoms with Crippen molar-refractivity contribution in [3.63, 3.8) is 0 Å². The molecule has 1 aromatic carbocycles. The summed E-state index contributed by atoms with van der Waals surface area (Å²) >= 11 is 6.56. The molecule has 104 valence electrons. The monoisotopic (exact) mass is 401 g/mol. The predicted molar refractivity (Wildman–Crippen MR) is 80.1 cm³/mol. The lowest BCUT2D eigenvalue weighted by atomic mass is 9.95. The van der Waals surface area contributed by atoms with Crippen molar-refractivity contribution in [2.24, 2.45) is 0 Å². The van der Waals surface area contributed by atoms with Gasteiger partial charge in [0.1, 0.15) is 11.7 Å². The zero-order valence-electron chi connectivity index (χ0n) is 10.2. The third kappa shape index (κ3) is 3.43. The Morgan fingerprint density at radius 2 is 2.05 bits per heavy atom. The van der Waals surface area contributed by atoms with E-state index in [0.717, 1.165) is 4.47 Å². The Morgan fingerprint density at radius 1 is 1.35 bits per heavy atom. The van der Waals surface area contributed by atoms with Crippen LogP contribution in [-0.2, 0) is 11.2 Å². The molecule has 1 aromatic heterocycles. The topological polar surface area (TPSA) is 50.2 Å². The van der Waals surface area contributed by atoms with Crippen molar-refractivity contribution in [3.05, 3.63) is 62.5 Å². The molecule has 0 amide bonds. The first kappa shape index (κ1) is 15.1. The van der Waals surface area contributed by atoms with E-state index in [1.165, 1.54) is 12.3 Å². The molecule has 1 unspecified atom stereocenters. The Kier molecular flexibility index (Phi) is 4.88. The summed E-state index contributed by atoms with van der Waals surface area (Å²) in [5.41, 5.74) is 0.737. The maximum absolute atomic E-state index is 13.7. The number of carboxylic acids is 1. The van der Waals surface area contributed by atoms with E-state index >= 15 is 0 Å². The predicted octanol–water partition coefficient (Wildman–Crippen LogP) is 4.16. The van der Waals surface area contributed by atoms with Gasteiger partial charge in [-0.1, -0.05) is 18.2 Å². The van der Waals surface area contributed by atoms with Crippen molar-refractivity contribution in [1.82, 2.24) is 4.98 Å². The minimum atomic E-state index is -1.04. The molecule has 0 fully saturated rings. The van der Waals surface area contributed by atoms with Crippen LogP contribution in [0.4, 0.5) is 4.39 Å². The number of carboxylic acid groups (broad SMARTS) is 1. The fourth-order valence-corrected chi connectivity index (χ4v) is 3.13. The van der Waals surface area contributed by atoms with Crippen molar-refractivity contribution in [2.75, 3.05) is 0 Å². The summed E-state index contributed by atoms with van der Waals surface area (Å²) in [6.07, 6.45) is 1.58. The molecule has 2 rings (SSSR count). The number of hydrogen-bond acceptors (Lipinski definition) is 2. The van der Waals surface area contributed by atoms with Gasteiger partial charge in [-0.2, -0.15) is 0 Å². The van der Waals surface area contributed by atoms with Gasteiger partial charge in [-0.15, -0.1) is 0 Å². The van der Waals surface area contributed by atoms with Crippen LogP contribution in [0.5, 0.6) is 0 Å². The van der Waals surface area contributed by atoms with Gasteiger partial charge in [0.15, 0.2) is 0 Å². The molecule has 0 aliphatic heterocycles. The highest BCUT2D eigenvalue weighted by molar-refractivity contribution is 9.11. The number of nitrogens with zero attached hydrogens (tertiary/aromatic N) is 1. The van der Waals surface area contributed by atoms with E-state index in [-0.39, 0.29) is 6.42 Å². The molecule has 1 heterocycles. The molecule has 20 heavy (non-hydrogen) atoms. The van der Waals surface area contributed by atoms with Crippen molar-refractivity contribution in [2.45, 2.75) is 12.3 Å². The normalized spacial score (nSPS) is 12.2. The Labute approximate surface area is 132 Å². The molecule has 0 saturated carbocycles. The standard InChI is InChI=1S/C14H10Br2FNO2/c15-9-6-11(16)13(18-7-9)10(14(19)20)5-8-3-1-2-4-12(8)17/h1-4,6-7,10H,5H2,(H,19,20). The second kappa shape index (κ2) is 6.45. The number of halogens is 3. The number of benzene rings is 1. The first-order chi connectivity index (χ1) is 9.49. The summed E-state index contributed by atoms with van der Waals surface area (Å²) in [6.45, 7) is 0. The number of aromatic nitrogens is 1. The van der Waals surface area contributed by atoms with Crippen LogP contribution < -0.4 is 0 Å². The molecule has 0 aliphatic carbocycles. The molecule has 1 atom stereocenters. The van der Waals surface area contributed by atoms with E-state index in [2.05, 4.69) is 36.8 Å². The fourth-order valence-electron chi connectivity index (χ4n) is 1.87. The first-order valence-electron chi connectivity index (χ1n) is 5.76. The molecule has 6 heteroatoms. The van der Waals surface area contributed by atoms with Gasteiger partial charge in [-0.3, -0.25) is 9.78 Å². The lowest BCUT2D eigenvalue weighted by Gasteiger charge is -2.14. The maximum atomic E-state index is 13.7. The Balaban J connectivity index is 2.37. The van der Waals surface area contributed by atoms with Crippen LogP contribution >= 0.6 is 31.9 Å². The summed E-state index contributed by atoms with van der Waals surface area (Å²) < 4.78 is 15.0. The third-order valence-electron chi connectivity index (χ3n) is 2.85. The highest BCUT2D eigenvalue weighted by Crippen LogP contribution is 2.29. The van der Waals surface area contributed by atoms with Gasteiger partial charge in [-0.25, -0.2) is 4.39 Å². The van der Waals surface area contributed by atoms with E-state index < -0.39 is 17.7 Å². The third-order valence-corrected chi connectivity index (χ3v) is 3.92. The van der Waals surface area contributed by atoms with Crippen LogP contribution in [0, 0.1) is 5.82 Å². The quantitative estimate of drug-likeness (QED) is 0.835. The number of aliphatic carboxylic acids is 1. The van der Waals surface area contributed by atoms with Gasteiger partial charge in [0.25, 0.3) is 0 Å². The van der Waals surface area contributed by atoms with Crippen LogP contribution in [0.1, 0.15) is 17.2 Å². The largest absolute Gasteiger partial charge is 0.481 e. The first-order valence-corrected chi connectivity index (χ1v) is 7.35. The molecular formula is C14H10Br2FNO2. The molecule has 0 aliphatic rings. The summed E-state index contributed by atoms with van der Waals surface area (Å²) in [7, 11) is 0. The zero-order valence-corrected chi connectivity index (χ0v) is 13.4. The SMILES string of the molecule is O=C(O)C(Cc1ccccc1F)c1ncc(Br)cc1Br. The highest BCUT2D eigenvalue weighted by Gasteiger charge is 2.25. The molecule has 0 radical (unpaired) electrons. The minimum Gasteiger partial charge on any atom is -0.481 e. The molecule has 0 saturated heterocycles. The number of carbonyl (C=O) groups is 1. The van der Waals surface area contributed by atoms with Crippen molar-refractivity contribution >= 4 is 37.8 Å². The Morgan fingerprint density at radius 3 is 2.65 bits per heavy atom. The number of rotatable bonds is 4. The lowest BCUT2D eigenvalue weighted by Crippen LogP contribution is -2.17. The zero-order chi connectivity index (χ0) is 14.7. The van der Waals surface area contributed by atoms with E-state index in [0.29, 0.717) is 15.7 Å². The van der Waals surface area contributed by atoms with Crippen LogP contribution in [0.3, 0.4) is 0 Å². The smallest absolute Gasteiger partial charge is 0.312 e. The van der Waals surface area contributed by atoms with Crippen LogP contribution in [0.2, 0.25) is 0 Å². The summed E-state index contributed by atoms with van der Waals surface area (Å²) in [5.74, 6) is -2.36. The van der Waals surface area contributed by atoms with Gasteiger partial charge in [-0.05, 0) is 56.0 Å². The van der Waals surface area contributed by atoms with E-state index in [4.69, 9.17) is 0 Å². The van der Waals surface area contributed by atoms with E-state index in [1.54, 1.807) is 24.3 Å². The maximum Gasteiger partial charge on any atom is 0.312 e. The molecule has 2 aromatic rings. The Bertz CT molecular complexity index is 649. The average Bonchev–Trinajstić information content (AvgIpc) is 2.38. The number of hydrogen-bond donors (Lipinski definition) is 1. The molecule has 0 spiro atoms. The summed E-state index contributed by atoms with van der Waals surface area (Å²) in [5, 5.41) is 9.38. The highest BCUT2D eigenvalue weighted by atomic mass is 79.9. The Hall–Kier alpha value is -1.27. The van der Waals surface area contributed by atoms with Gasteiger partial charge in [0, 0.05) is 15.1 Å². The molecule has 0 bridgehead atoms. The molecular weight excluding hydrogens is 393 g/mol. The lowest BCUT2D eigenvalue weighted by molar-refractivity contribution is -0.138. The van der Waals surface area contributed by atoms with E-state index in [9.17, 15) is 14.3 Å². The van der Waals surface area contributed by atoms with E-state index in [1.807, 2.05) is 0 Å².